The molecule has 0 aromatic carbocycles. The molecule has 0 amide bonds. The Balaban J connectivity index is 1.64. The second-order valence-electron chi connectivity index (χ2n) is 7.04. The van der Waals surface area contributed by atoms with Gasteiger partial charge in [0, 0.05) is 33.8 Å². The first-order valence-electron chi connectivity index (χ1n) is 9.24. The summed E-state index contributed by atoms with van der Waals surface area (Å²) >= 11 is 0. The molecular weight excluding hydrogens is 416 g/mol. The first-order valence-corrected chi connectivity index (χ1v) is 9.24. The van der Waals surface area contributed by atoms with Gasteiger partial charge >= 0.3 is 11.5 Å². The van der Waals surface area contributed by atoms with Crippen LogP contribution in [0.5, 0.6) is 0 Å². The van der Waals surface area contributed by atoms with Gasteiger partial charge in [0.1, 0.15) is 0 Å². The zero-order chi connectivity index (χ0) is 22.0. The van der Waals surface area contributed by atoms with Gasteiger partial charge in [0.25, 0.3) is 5.65 Å². The van der Waals surface area contributed by atoms with Gasteiger partial charge in [0.15, 0.2) is 22.6 Å². The van der Waals surface area contributed by atoms with Gasteiger partial charge in [-0.25, -0.2) is 19.9 Å². The smallest absolute Gasteiger partial charge is 0.358 e. The van der Waals surface area contributed by atoms with Crippen LogP contribution in [-0.2, 0) is 0 Å². The molecule has 6 heterocycles. The molecule has 6 rings (SSSR count). The molecule has 0 saturated carbocycles. The minimum absolute atomic E-state index is 0.0178. The molecule has 6 aromatic rings. The SMILES string of the molecule is O=[N+]([O-])c1cc2cc3cc4cc5cc6cccnc6nc5nc4nc3nc2nc1[N+](=O)[O-]. The van der Waals surface area contributed by atoms with Crippen LogP contribution in [0.4, 0.5) is 11.5 Å². The zero-order valence-corrected chi connectivity index (χ0v) is 15.8. The predicted octanol–water partition coefficient (Wildman–Crippen LogP) is 3.64. The highest BCUT2D eigenvalue weighted by Crippen LogP contribution is 2.30. The second-order valence-corrected chi connectivity index (χ2v) is 7.04. The van der Waals surface area contributed by atoms with Gasteiger partial charge in [-0.15, -0.1) is 0 Å². The molecular formula is C20H8N8O4. The minimum Gasteiger partial charge on any atom is -0.358 e. The normalized spacial score (nSPS) is 11.6. The van der Waals surface area contributed by atoms with Crippen LogP contribution in [0.25, 0.3) is 55.2 Å². The lowest BCUT2D eigenvalue weighted by atomic mass is 10.1. The molecule has 0 N–H and O–H groups in total. The molecule has 0 aliphatic rings. The highest BCUT2D eigenvalue weighted by Gasteiger charge is 2.28. The van der Waals surface area contributed by atoms with E-state index in [1.165, 1.54) is 0 Å². The lowest BCUT2D eigenvalue weighted by Gasteiger charge is -2.04. The van der Waals surface area contributed by atoms with Crippen molar-refractivity contribution in [2.45, 2.75) is 0 Å². The maximum absolute atomic E-state index is 11.2. The molecule has 0 spiro atoms. The highest BCUT2D eigenvalue weighted by atomic mass is 16.6. The van der Waals surface area contributed by atoms with Crippen LogP contribution in [0.2, 0.25) is 0 Å². The van der Waals surface area contributed by atoms with Gasteiger partial charge in [0.05, 0.1) is 10.3 Å². The number of nitro groups is 2. The Kier molecular flexibility index (Phi) is 3.48. The van der Waals surface area contributed by atoms with E-state index in [1.807, 2.05) is 24.3 Å². The van der Waals surface area contributed by atoms with Crippen molar-refractivity contribution >= 4 is 66.7 Å². The average molecular weight is 424 g/mol. The minimum atomic E-state index is -0.908. The fraction of sp³-hybridized carbons (Fsp3) is 0. The number of aromatic nitrogens is 6. The van der Waals surface area contributed by atoms with E-state index in [4.69, 9.17) is 0 Å². The van der Waals surface area contributed by atoms with E-state index >= 15 is 0 Å². The van der Waals surface area contributed by atoms with Gasteiger partial charge in [-0.3, -0.25) is 10.1 Å². The van der Waals surface area contributed by atoms with Crippen molar-refractivity contribution in [3.63, 3.8) is 0 Å². The molecule has 0 aliphatic heterocycles. The summed E-state index contributed by atoms with van der Waals surface area (Å²) in [5, 5.41) is 25.7. The van der Waals surface area contributed by atoms with Gasteiger partial charge in [0.2, 0.25) is 0 Å². The fourth-order valence-corrected chi connectivity index (χ4v) is 3.62. The summed E-state index contributed by atoms with van der Waals surface area (Å²) in [6.45, 7) is 0. The molecule has 32 heavy (non-hydrogen) atoms. The Bertz CT molecular complexity index is 1670. The standard InChI is InChI=1S/C20H8N8O4/c29-27(30)14-8-13-7-12-6-11-5-10-4-9-2-1-3-21-15(9)22-16(10)23-17(11)24-18(12)25-19(13)26-20(14)28(31)32/h1-8H. The molecule has 0 bridgehead atoms. The van der Waals surface area contributed by atoms with Crippen molar-refractivity contribution in [3.05, 3.63) is 68.9 Å². The highest BCUT2D eigenvalue weighted by molar-refractivity contribution is 6.00. The molecule has 0 unspecified atom stereocenters. The third-order valence-electron chi connectivity index (χ3n) is 5.04. The van der Waals surface area contributed by atoms with E-state index < -0.39 is 21.4 Å². The molecule has 152 valence electrons. The van der Waals surface area contributed by atoms with Gasteiger partial charge in [-0.1, -0.05) is 0 Å². The Hall–Kier alpha value is -5.00. The van der Waals surface area contributed by atoms with Gasteiger partial charge in [-0.2, -0.15) is 4.98 Å². The van der Waals surface area contributed by atoms with E-state index in [0.29, 0.717) is 27.7 Å². The number of hydrogen-bond acceptors (Lipinski definition) is 10. The quantitative estimate of drug-likeness (QED) is 0.228. The summed E-state index contributed by atoms with van der Waals surface area (Å²) in [6, 6.07) is 12.1. The second kappa shape index (κ2) is 6.25. The van der Waals surface area contributed by atoms with Crippen molar-refractivity contribution in [1.82, 2.24) is 29.9 Å². The summed E-state index contributed by atoms with van der Waals surface area (Å²) < 4.78 is 0. The largest absolute Gasteiger partial charge is 0.444 e. The Morgan fingerprint density at radius 1 is 0.594 bits per heavy atom. The number of hydrogen-bond donors (Lipinski definition) is 0. The lowest BCUT2D eigenvalue weighted by molar-refractivity contribution is -0.425. The number of nitrogens with zero attached hydrogens (tertiary/aromatic N) is 8. The van der Waals surface area contributed by atoms with Crippen LogP contribution in [0, 0.1) is 20.2 Å². The van der Waals surface area contributed by atoms with E-state index in [0.717, 1.165) is 22.2 Å². The first kappa shape index (κ1) is 17.8. The summed E-state index contributed by atoms with van der Waals surface area (Å²) in [4.78, 5) is 46.5. The number of fused-ring (bicyclic) bond motifs is 5. The summed E-state index contributed by atoms with van der Waals surface area (Å²) in [5.41, 5.74) is 0.963. The number of rotatable bonds is 2. The van der Waals surface area contributed by atoms with Crippen LogP contribution in [0.15, 0.2) is 48.7 Å². The molecule has 12 nitrogen and oxygen atoms in total. The molecule has 0 atom stereocenters. The molecule has 0 fully saturated rings. The van der Waals surface area contributed by atoms with Gasteiger partial charge in [-0.05, 0) is 46.3 Å². The maximum Gasteiger partial charge on any atom is 0.444 e. The molecule has 0 radical (unpaired) electrons. The van der Waals surface area contributed by atoms with Crippen molar-refractivity contribution in [3.8, 4) is 0 Å². The summed E-state index contributed by atoms with van der Waals surface area (Å²) in [6.07, 6.45) is 1.65. The Morgan fingerprint density at radius 3 is 1.66 bits per heavy atom. The van der Waals surface area contributed by atoms with Crippen molar-refractivity contribution in [2.75, 3.05) is 0 Å². The van der Waals surface area contributed by atoms with Crippen LogP contribution in [-0.4, -0.2) is 39.8 Å². The van der Waals surface area contributed by atoms with E-state index in [9.17, 15) is 20.2 Å². The van der Waals surface area contributed by atoms with Crippen LogP contribution >= 0.6 is 0 Å². The monoisotopic (exact) mass is 424 g/mol. The molecule has 12 heteroatoms. The summed E-state index contributed by atoms with van der Waals surface area (Å²) in [7, 11) is 0. The van der Waals surface area contributed by atoms with Crippen molar-refractivity contribution < 1.29 is 9.85 Å². The topological polar surface area (TPSA) is 164 Å². The Morgan fingerprint density at radius 2 is 1.09 bits per heavy atom. The third kappa shape index (κ3) is 2.63. The fourth-order valence-electron chi connectivity index (χ4n) is 3.62. The van der Waals surface area contributed by atoms with Crippen LogP contribution < -0.4 is 0 Å². The summed E-state index contributed by atoms with van der Waals surface area (Å²) in [5.74, 6) is -0.872. The first-order chi connectivity index (χ1) is 15.5. The maximum atomic E-state index is 11.2. The number of pyridine rings is 6. The molecule has 6 aromatic heterocycles. The van der Waals surface area contributed by atoms with Crippen molar-refractivity contribution in [1.29, 1.82) is 0 Å². The predicted molar refractivity (Wildman–Crippen MR) is 114 cm³/mol. The zero-order valence-electron chi connectivity index (χ0n) is 15.8. The van der Waals surface area contributed by atoms with Crippen molar-refractivity contribution in [2.24, 2.45) is 0 Å². The average Bonchev–Trinajstić information content (AvgIpc) is 2.77. The van der Waals surface area contributed by atoms with E-state index in [1.54, 1.807) is 18.3 Å². The van der Waals surface area contributed by atoms with E-state index in [-0.39, 0.29) is 11.3 Å². The lowest BCUT2D eigenvalue weighted by Crippen LogP contribution is -2.01. The van der Waals surface area contributed by atoms with E-state index in [2.05, 4.69) is 29.9 Å². The Labute approximate surface area is 175 Å². The van der Waals surface area contributed by atoms with Crippen LogP contribution in [0.3, 0.4) is 0 Å². The molecule has 0 saturated heterocycles. The molecule has 0 aliphatic carbocycles. The van der Waals surface area contributed by atoms with Gasteiger partial charge < -0.3 is 10.1 Å². The third-order valence-corrected chi connectivity index (χ3v) is 5.04. The van der Waals surface area contributed by atoms with Crippen LogP contribution in [0.1, 0.15) is 0 Å².